The van der Waals surface area contributed by atoms with Crippen molar-refractivity contribution in [3.63, 3.8) is 0 Å². The number of nitrogens with zero attached hydrogens (tertiary/aromatic N) is 1. The minimum absolute atomic E-state index is 0.00214. The van der Waals surface area contributed by atoms with E-state index in [2.05, 4.69) is 5.32 Å². The third-order valence-electron chi connectivity index (χ3n) is 5.43. The summed E-state index contributed by atoms with van der Waals surface area (Å²) < 4.78 is 77.9. The minimum atomic E-state index is -4.67. The Kier molecular flexibility index (Phi) is 5.09. The Hall–Kier alpha value is -2.46. The molecule has 0 aliphatic carbocycles. The number of amides is 1. The Bertz CT molecular complexity index is 1120. The zero-order valence-corrected chi connectivity index (χ0v) is 16.5. The molecule has 160 valence electrons. The van der Waals surface area contributed by atoms with Crippen molar-refractivity contribution in [2.24, 2.45) is 0 Å². The number of alkyl halides is 3. The van der Waals surface area contributed by atoms with Crippen LogP contribution in [0.5, 0.6) is 0 Å². The van der Waals surface area contributed by atoms with Crippen molar-refractivity contribution in [2.45, 2.75) is 24.5 Å². The standard InChI is InChI=1S/C20H18F4N2O3S/c21-16-6-12(5-15(8-16)20(22,23)24)10-26-3-4-30(28,29)18(11-26)13-1-2-17-14(7-13)9-25-19(17)27/h1-2,5-8,18H,3-4,9-11H2,(H,25,27)/t18-/m1/s1. The molecule has 1 saturated heterocycles. The summed E-state index contributed by atoms with van der Waals surface area (Å²) in [6, 6.07) is 7.21. The van der Waals surface area contributed by atoms with Crippen molar-refractivity contribution in [2.75, 3.05) is 18.8 Å². The summed E-state index contributed by atoms with van der Waals surface area (Å²) in [5, 5.41) is 1.80. The summed E-state index contributed by atoms with van der Waals surface area (Å²) in [5.74, 6) is -1.36. The first-order chi connectivity index (χ1) is 14.0. The SMILES string of the molecule is O=C1NCc2cc([C@H]3CN(Cc4cc(F)cc(C(F)(F)F)c4)CCS3(=O)=O)ccc21. The maximum Gasteiger partial charge on any atom is 0.416 e. The number of sulfone groups is 1. The number of halogens is 4. The van der Waals surface area contributed by atoms with Gasteiger partial charge in [-0.1, -0.05) is 12.1 Å². The summed E-state index contributed by atoms with van der Waals surface area (Å²) >= 11 is 0. The molecule has 2 aromatic carbocycles. The van der Waals surface area contributed by atoms with Crippen LogP contribution in [0.1, 0.15) is 37.9 Å². The fraction of sp³-hybridized carbons (Fsp3) is 0.350. The summed E-state index contributed by atoms with van der Waals surface area (Å²) in [6.07, 6.45) is -4.67. The van der Waals surface area contributed by atoms with E-state index >= 15 is 0 Å². The molecule has 4 rings (SSSR count). The fourth-order valence-electron chi connectivity index (χ4n) is 3.91. The first kappa shape index (κ1) is 20.8. The van der Waals surface area contributed by atoms with Gasteiger partial charge in [0.25, 0.3) is 5.91 Å². The van der Waals surface area contributed by atoms with Gasteiger partial charge in [0.2, 0.25) is 0 Å². The van der Waals surface area contributed by atoms with Gasteiger partial charge in [0.15, 0.2) is 9.84 Å². The Morgan fingerprint density at radius 2 is 1.90 bits per heavy atom. The summed E-state index contributed by atoms with van der Waals surface area (Å²) in [6.45, 7) is 0.530. The van der Waals surface area contributed by atoms with E-state index in [9.17, 15) is 30.8 Å². The number of benzene rings is 2. The molecule has 0 spiro atoms. The van der Waals surface area contributed by atoms with Gasteiger partial charge in [-0.3, -0.25) is 9.69 Å². The number of rotatable bonds is 3. The molecule has 2 aromatic rings. The van der Waals surface area contributed by atoms with Crippen molar-refractivity contribution in [3.05, 3.63) is 70.0 Å². The van der Waals surface area contributed by atoms with Crippen molar-refractivity contribution in [1.29, 1.82) is 0 Å². The van der Waals surface area contributed by atoms with Crippen molar-refractivity contribution < 1.29 is 30.8 Å². The van der Waals surface area contributed by atoms with Gasteiger partial charge in [-0.15, -0.1) is 0 Å². The second kappa shape index (κ2) is 7.35. The summed E-state index contributed by atoms with van der Waals surface area (Å²) in [5.41, 5.74) is 0.803. The van der Waals surface area contributed by atoms with E-state index in [-0.39, 0.29) is 36.9 Å². The second-order valence-electron chi connectivity index (χ2n) is 7.54. The molecule has 1 atom stereocenters. The van der Waals surface area contributed by atoms with Crippen LogP contribution in [0.15, 0.2) is 36.4 Å². The van der Waals surface area contributed by atoms with E-state index in [4.69, 9.17) is 0 Å². The first-order valence-electron chi connectivity index (χ1n) is 9.24. The summed E-state index contributed by atoms with van der Waals surface area (Å²) in [7, 11) is -3.47. The zero-order chi connectivity index (χ0) is 21.7. The minimum Gasteiger partial charge on any atom is -0.348 e. The van der Waals surface area contributed by atoms with E-state index in [1.165, 1.54) is 0 Å². The number of carbonyl (C=O) groups is 1. The average Bonchev–Trinajstić information content (AvgIpc) is 3.02. The number of carbonyl (C=O) groups excluding carboxylic acids is 1. The number of hydrogen-bond donors (Lipinski definition) is 1. The van der Waals surface area contributed by atoms with Gasteiger partial charge in [0.05, 0.1) is 16.6 Å². The normalized spacial score (nSPS) is 21.3. The fourth-order valence-corrected chi connectivity index (χ4v) is 5.71. The molecule has 0 unspecified atom stereocenters. The van der Waals surface area contributed by atoms with Gasteiger partial charge in [-0.2, -0.15) is 13.2 Å². The molecule has 0 bridgehead atoms. The van der Waals surface area contributed by atoms with E-state index in [1.807, 2.05) is 0 Å². The van der Waals surface area contributed by atoms with Crippen molar-refractivity contribution in [1.82, 2.24) is 10.2 Å². The molecule has 0 saturated carbocycles. The van der Waals surface area contributed by atoms with Gasteiger partial charge in [0.1, 0.15) is 5.82 Å². The van der Waals surface area contributed by atoms with Crippen LogP contribution >= 0.6 is 0 Å². The Morgan fingerprint density at radius 1 is 1.13 bits per heavy atom. The van der Waals surface area contributed by atoms with Crippen LogP contribution in [-0.4, -0.2) is 38.1 Å². The first-order valence-corrected chi connectivity index (χ1v) is 11.0. The number of fused-ring (bicyclic) bond motifs is 1. The molecule has 1 N–H and O–H groups in total. The van der Waals surface area contributed by atoms with Crippen LogP contribution in [0.2, 0.25) is 0 Å². The lowest BCUT2D eigenvalue weighted by Gasteiger charge is -2.33. The number of nitrogens with one attached hydrogen (secondary N) is 1. The molecular weight excluding hydrogens is 424 g/mol. The molecule has 2 aliphatic rings. The Labute approximate surface area is 170 Å². The molecule has 30 heavy (non-hydrogen) atoms. The van der Waals surface area contributed by atoms with Gasteiger partial charge in [0, 0.05) is 31.7 Å². The molecule has 2 heterocycles. The average molecular weight is 442 g/mol. The molecule has 2 aliphatic heterocycles. The van der Waals surface area contributed by atoms with E-state index in [1.54, 1.807) is 23.1 Å². The quantitative estimate of drug-likeness (QED) is 0.743. The zero-order valence-electron chi connectivity index (χ0n) is 15.7. The molecular formula is C20H18F4N2O3S. The smallest absolute Gasteiger partial charge is 0.348 e. The highest BCUT2D eigenvalue weighted by Crippen LogP contribution is 2.33. The number of hydrogen-bond acceptors (Lipinski definition) is 4. The molecule has 0 aromatic heterocycles. The highest BCUT2D eigenvalue weighted by atomic mass is 32.2. The highest BCUT2D eigenvalue weighted by molar-refractivity contribution is 7.91. The monoisotopic (exact) mass is 442 g/mol. The van der Waals surface area contributed by atoms with Crippen LogP contribution in [-0.2, 0) is 29.1 Å². The topological polar surface area (TPSA) is 66.5 Å². The third kappa shape index (κ3) is 4.06. The lowest BCUT2D eigenvalue weighted by atomic mass is 10.0. The molecule has 1 amide bonds. The van der Waals surface area contributed by atoms with Crippen LogP contribution in [0.3, 0.4) is 0 Å². The van der Waals surface area contributed by atoms with E-state index in [0.717, 1.165) is 12.1 Å². The van der Waals surface area contributed by atoms with Crippen LogP contribution in [0.4, 0.5) is 17.6 Å². The van der Waals surface area contributed by atoms with E-state index < -0.39 is 32.6 Å². The maximum absolute atomic E-state index is 13.7. The second-order valence-corrected chi connectivity index (χ2v) is 9.84. The van der Waals surface area contributed by atoms with Crippen LogP contribution < -0.4 is 5.32 Å². The highest BCUT2D eigenvalue weighted by Gasteiger charge is 2.36. The van der Waals surface area contributed by atoms with Gasteiger partial charge in [-0.25, -0.2) is 12.8 Å². The lowest BCUT2D eigenvalue weighted by molar-refractivity contribution is -0.137. The van der Waals surface area contributed by atoms with Gasteiger partial charge < -0.3 is 5.32 Å². The molecule has 5 nitrogen and oxygen atoms in total. The summed E-state index contributed by atoms with van der Waals surface area (Å²) in [4.78, 5) is 13.4. The third-order valence-corrected chi connectivity index (χ3v) is 7.47. The Morgan fingerprint density at radius 3 is 2.63 bits per heavy atom. The largest absolute Gasteiger partial charge is 0.416 e. The maximum atomic E-state index is 13.7. The lowest BCUT2D eigenvalue weighted by Crippen LogP contribution is -2.42. The molecule has 10 heteroatoms. The van der Waals surface area contributed by atoms with Crippen LogP contribution in [0, 0.1) is 5.82 Å². The van der Waals surface area contributed by atoms with Gasteiger partial charge in [-0.05, 0) is 41.0 Å². The molecule has 0 radical (unpaired) electrons. The van der Waals surface area contributed by atoms with Crippen molar-refractivity contribution >= 4 is 15.7 Å². The predicted molar refractivity (Wildman–Crippen MR) is 101 cm³/mol. The molecule has 1 fully saturated rings. The van der Waals surface area contributed by atoms with Crippen LogP contribution in [0.25, 0.3) is 0 Å². The van der Waals surface area contributed by atoms with Gasteiger partial charge >= 0.3 is 6.18 Å². The van der Waals surface area contributed by atoms with E-state index in [0.29, 0.717) is 29.3 Å². The predicted octanol–water partition coefficient (Wildman–Crippen LogP) is 3.06. The van der Waals surface area contributed by atoms with Crippen molar-refractivity contribution in [3.8, 4) is 0 Å². The Balaban J connectivity index is 1.58.